The summed E-state index contributed by atoms with van der Waals surface area (Å²) in [7, 11) is 0. The van der Waals surface area contributed by atoms with Gasteiger partial charge >= 0.3 is 12.5 Å². The minimum absolute atomic E-state index is 0.0407. The molecule has 2 aromatic heterocycles. The fraction of sp³-hybridized carbons (Fsp3) is 0.235. The highest BCUT2D eigenvalue weighted by atomic mass is 35.5. The number of benzene rings is 1. The molecule has 0 atom stereocenters. The number of aromatic nitrogens is 2. The van der Waals surface area contributed by atoms with Crippen molar-refractivity contribution in [2.75, 3.05) is 0 Å². The molecule has 5 nitrogen and oxygen atoms in total. The molecule has 0 amide bonds. The van der Waals surface area contributed by atoms with Crippen molar-refractivity contribution in [2.24, 2.45) is 0 Å². The molecule has 0 bridgehead atoms. The van der Waals surface area contributed by atoms with Crippen LogP contribution in [0.5, 0.6) is 0 Å². The lowest BCUT2D eigenvalue weighted by molar-refractivity contribution is -0.145. The molecule has 1 aromatic carbocycles. The van der Waals surface area contributed by atoms with Crippen molar-refractivity contribution in [3.8, 4) is 0 Å². The van der Waals surface area contributed by atoms with Crippen molar-refractivity contribution in [3.05, 3.63) is 51.4 Å². The van der Waals surface area contributed by atoms with Gasteiger partial charge in [-0.1, -0.05) is 23.7 Å². The highest BCUT2D eigenvalue weighted by molar-refractivity contribution is 7.18. The predicted molar refractivity (Wildman–Crippen MR) is 93.7 cm³/mol. The van der Waals surface area contributed by atoms with Crippen LogP contribution in [0.15, 0.2) is 36.4 Å². The molecule has 0 fully saturated rings. The van der Waals surface area contributed by atoms with Crippen LogP contribution < -0.4 is 0 Å². The molecule has 3 rings (SSSR count). The second kappa shape index (κ2) is 7.92. The van der Waals surface area contributed by atoms with Crippen molar-refractivity contribution in [1.82, 2.24) is 9.55 Å². The fourth-order valence-electron chi connectivity index (χ4n) is 2.43. The second-order valence-corrected chi connectivity index (χ2v) is 7.07. The maximum atomic E-state index is 13.3. The number of nitrogens with zero attached hydrogens (tertiary/aromatic N) is 2. The van der Waals surface area contributed by atoms with Gasteiger partial charge in [-0.2, -0.15) is 8.78 Å². The third-order valence-corrected chi connectivity index (χ3v) is 4.90. The van der Waals surface area contributed by atoms with Crippen LogP contribution in [-0.2, 0) is 16.1 Å². The number of Topliss-reactive ketones (excluding diaryl/α,β-unsaturated/α-hetero) is 1. The Labute approximate surface area is 156 Å². The van der Waals surface area contributed by atoms with E-state index in [9.17, 15) is 18.4 Å². The Hall–Kier alpha value is -2.32. The zero-order valence-electron chi connectivity index (χ0n) is 13.3. The number of carbonyl (C=O) groups is 2. The maximum absolute atomic E-state index is 13.3. The van der Waals surface area contributed by atoms with Gasteiger partial charge in [-0.3, -0.25) is 14.2 Å². The van der Waals surface area contributed by atoms with Gasteiger partial charge in [-0.05, 0) is 24.3 Å². The first-order chi connectivity index (χ1) is 12.5. The first-order valence-corrected chi connectivity index (χ1v) is 8.83. The van der Waals surface area contributed by atoms with Crippen LogP contribution in [-0.4, -0.2) is 21.3 Å². The number of fused-ring (bicyclic) bond motifs is 1. The standard InChI is InChI=1S/C17H13ClF2N2O3S/c18-14-7-6-13(26-14)12(23)5-8-16(24)25-9-15-21-10-3-1-2-4-11(10)22(15)17(19)20/h1-4,6-7,17H,5,8-9H2. The molecule has 0 spiro atoms. The van der Waals surface area contributed by atoms with Gasteiger partial charge in [-0.25, -0.2) is 4.98 Å². The summed E-state index contributed by atoms with van der Waals surface area (Å²) in [6, 6.07) is 9.62. The summed E-state index contributed by atoms with van der Waals surface area (Å²) >= 11 is 6.90. The zero-order valence-corrected chi connectivity index (χ0v) is 14.9. The number of ether oxygens (including phenoxy) is 1. The number of esters is 1. The molecule has 136 valence electrons. The van der Waals surface area contributed by atoms with Crippen molar-refractivity contribution in [3.63, 3.8) is 0 Å². The number of halogens is 3. The van der Waals surface area contributed by atoms with Crippen LogP contribution >= 0.6 is 22.9 Å². The van der Waals surface area contributed by atoms with Gasteiger partial charge in [0.05, 0.1) is 26.7 Å². The topological polar surface area (TPSA) is 61.2 Å². The lowest BCUT2D eigenvalue weighted by atomic mass is 10.2. The van der Waals surface area contributed by atoms with Gasteiger partial charge in [0.2, 0.25) is 0 Å². The molecule has 0 aliphatic carbocycles. The van der Waals surface area contributed by atoms with Crippen LogP contribution in [0.1, 0.15) is 34.9 Å². The number of para-hydroxylation sites is 2. The van der Waals surface area contributed by atoms with Crippen molar-refractivity contribution in [2.45, 2.75) is 26.0 Å². The van der Waals surface area contributed by atoms with Gasteiger partial charge < -0.3 is 4.74 Å². The van der Waals surface area contributed by atoms with E-state index in [-0.39, 0.29) is 30.0 Å². The highest BCUT2D eigenvalue weighted by Gasteiger charge is 2.19. The normalized spacial score (nSPS) is 11.2. The van der Waals surface area contributed by atoms with Crippen molar-refractivity contribution < 1.29 is 23.1 Å². The van der Waals surface area contributed by atoms with E-state index < -0.39 is 19.1 Å². The van der Waals surface area contributed by atoms with Crippen LogP contribution in [0.4, 0.5) is 8.78 Å². The molecular formula is C17H13ClF2N2O3S. The number of ketones is 1. The summed E-state index contributed by atoms with van der Waals surface area (Å²) in [4.78, 5) is 28.3. The largest absolute Gasteiger partial charge is 0.457 e. The molecule has 9 heteroatoms. The average Bonchev–Trinajstić information content (AvgIpc) is 3.21. The minimum atomic E-state index is -2.80. The van der Waals surface area contributed by atoms with Gasteiger partial charge in [0.1, 0.15) is 6.61 Å². The third kappa shape index (κ3) is 4.08. The van der Waals surface area contributed by atoms with E-state index in [1.165, 1.54) is 6.07 Å². The van der Waals surface area contributed by atoms with Gasteiger partial charge in [0.15, 0.2) is 11.6 Å². The first kappa shape index (κ1) is 18.5. The Morgan fingerprint density at radius 2 is 1.96 bits per heavy atom. The number of hydrogen-bond donors (Lipinski definition) is 0. The van der Waals surface area contributed by atoms with E-state index in [2.05, 4.69) is 4.98 Å². The van der Waals surface area contributed by atoms with Gasteiger partial charge in [0.25, 0.3) is 0 Å². The van der Waals surface area contributed by atoms with E-state index in [1.807, 2.05) is 0 Å². The van der Waals surface area contributed by atoms with E-state index >= 15 is 0 Å². The smallest absolute Gasteiger partial charge is 0.320 e. The maximum Gasteiger partial charge on any atom is 0.320 e. The first-order valence-electron chi connectivity index (χ1n) is 7.64. The molecular weight excluding hydrogens is 386 g/mol. The van der Waals surface area contributed by atoms with Crippen LogP contribution in [0.3, 0.4) is 0 Å². The molecule has 0 N–H and O–H groups in total. The average molecular weight is 399 g/mol. The molecule has 0 unspecified atom stereocenters. The molecule has 0 saturated heterocycles. The molecule has 0 radical (unpaired) electrons. The summed E-state index contributed by atoms with van der Waals surface area (Å²) in [5, 5.41) is 0. The Morgan fingerprint density at radius 1 is 1.19 bits per heavy atom. The van der Waals surface area contributed by atoms with Gasteiger partial charge in [-0.15, -0.1) is 11.3 Å². The summed E-state index contributed by atoms with van der Waals surface area (Å²) in [6.45, 7) is -3.20. The van der Waals surface area contributed by atoms with Crippen LogP contribution in [0.2, 0.25) is 4.34 Å². The summed E-state index contributed by atoms with van der Waals surface area (Å²) in [6.07, 6.45) is -0.190. The van der Waals surface area contributed by atoms with E-state index in [0.717, 1.165) is 15.9 Å². The number of hydrogen-bond acceptors (Lipinski definition) is 5. The lowest BCUT2D eigenvalue weighted by Gasteiger charge is -2.08. The Morgan fingerprint density at radius 3 is 2.65 bits per heavy atom. The number of carbonyl (C=O) groups excluding carboxylic acids is 2. The number of imidazole rings is 1. The molecule has 0 aliphatic heterocycles. The van der Waals surface area contributed by atoms with Crippen molar-refractivity contribution in [1.29, 1.82) is 0 Å². The molecule has 2 heterocycles. The monoisotopic (exact) mass is 398 g/mol. The Balaban J connectivity index is 1.60. The summed E-state index contributed by atoms with van der Waals surface area (Å²) in [5.41, 5.74) is 0.655. The highest BCUT2D eigenvalue weighted by Crippen LogP contribution is 2.24. The molecule has 0 saturated carbocycles. The third-order valence-electron chi connectivity index (χ3n) is 3.63. The predicted octanol–water partition coefficient (Wildman–Crippen LogP) is 4.85. The quantitative estimate of drug-likeness (QED) is 0.421. The lowest BCUT2D eigenvalue weighted by Crippen LogP contribution is -2.11. The molecule has 3 aromatic rings. The fourth-order valence-corrected chi connectivity index (χ4v) is 3.44. The number of rotatable bonds is 7. The molecule has 26 heavy (non-hydrogen) atoms. The SMILES string of the molecule is O=C(CCC(=O)c1ccc(Cl)s1)OCc1nc2ccccc2n1C(F)F. The van der Waals surface area contributed by atoms with Crippen LogP contribution in [0, 0.1) is 0 Å². The van der Waals surface area contributed by atoms with Crippen molar-refractivity contribution >= 4 is 45.7 Å². The Bertz CT molecular complexity index is 955. The zero-order chi connectivity index (χ0) is 18.7. The summed E-state index contributed by atoms with van der Waals surface area (Å²) < 4.78 is 32.8. The Kier molecular flexibility index (Phi) is 5.63. The minimum Gasteiger partial charge on any atom is -0.457 e. The number of alkyl halides is 2. The number of thiophene rings is 1. The summed E-state index contributed by atoms with van der Waals surface area (Å²) in [5.74, 6) is -0.932. The van der Waals surface area contributed by atoms with E-state index in [0.29, 0.717) is 14.7 Å². The van der Waals surface area contributed by atoms with E-state index in [4.69, 9.17) is 16.3 Å². The second-order valence-electron chi connectivity index (χ2n) is 5.35. The van der Waals surface area contributed by atoms with Gasteiger partial charge in [0, 0.05) is 6.42 Å². The molecule has 0 aliphatic rings. The van der Waals surface area contributed by atoms with E-state index in [1.54, 1.807) is 30.3 Å². The van der Waals surface area contributed by atoms with Crippen LogP contribution in [0.25, 0.3) is 11.0 Å².